The van der Waals surface area contributed by atoms with Gasteiger partial charge in [0.2, 0.25) is 0 Å². The summed E-state index contributed by atoms with van der Waals surface area (Å²) in [6.45, 7) is 5.45. The monoisotopic (exact) mass is 401 g/mol. The maximum Gasteiger partial charge on any atom is 0.408 e. The fourth-order valence-electron chi connectivity index (χ4n) is 1.71. The van der Waals surface area contributed by atoms with E-state index in [2.05, 4.69) is 37.9 Å². The quantitative estimate of drug-likeness (QED) is 0.758. The van der Waals surface area contributed by atoms with E-state index >= 15 is 0 Å². The van der Waals surface area contributed by atoms with E-state index in [4.69, 9.17) is 4.74 Å². The number of nitrogens with one attached hydrogen (secondary N) is 2. The lowest BCUT2D eigenvalue weighted by molar-refractivity contribution is 0.0522. The summed E-state index contributed by atoms with van der Waals surface area (Å²) in [6, 6.07) is 5.43. The highest BCUT2D eigenvalue weighted by Crippen LogP contribution is 2.12. The van der Waals surface area contributed by atoms with Crippen molar-refractivity contribution in [2.45, 2.75) is 32.9 Å². The van der Waals surface area contributed by atoms with Crippen molar-refractivity contribution in [3.63, 3.8) is 0 Å². The highest BCUT2D eigenvalue weighted by atomic mass is 127. The van der Waals surface area contributed by atoms with Gasteiger partial charge in [-0.15, -0.1) is 0 Å². The zero-order chi connectivity index (χ0) is 15.6. The smallest absolute Gasteiger partial charge is 0.408 e. The second kappa shape index (κ2) is 6.00. The maximum atomic E-state index is 12.0. The molecule has 112 valence electrons. The number of benzene rings is 1. The first kappa shape index (κ1) is 15.7. The van der Waals surface area contributed by atoms with Crippen molar-refractivity contribution in [2.24, 2.45) is 0 Å². The van der Waals surface area contributed by atoms with Crippen LogP contribution in [-0.4, -0.2) is 21.7 Å². The number of halogens is 1. The minimum Gasteiger partial charge on any atom is -0.444 e. The van der Waals surface area contributed by atoms with Crippen molar-refractivity contribution in [1.82, 2.24) is 15.3 Å². The fourth-order valence-corrected chi connectivity index (χ4v) is 2.20. The van der Waals surface area contributed by atoms with Gasteiger partial charge in [-0.3, -0.25) is 4.79 Å². The summed E-state index contributed by atoms with van der Waals surface area (Å²) in [6.07, 6.45) is -0.548. The van der Waals surface area contributed by atoms with Crippen LogP contribution in [0.3, 0.4) is 0 Å². The molecule has 2 rings (SSSR count). The van der Waals surface area contributed by atoms with Gasteiger partial charge in [-0.25, -0.2) is 9.78 Å². The number of fused-ring (bicyclic) bond motifs is 1. The number of alkyl carbamates (subject to hydrolysis) is 1. The number of ether oxygens (including phenoxy) is 1. The molecule has 6 nitrogen and oxygen atoms in total. The number of aromatic nitrogens is 2. The SMILES string of the molecule is CC(C)(C)OC(=O)NCc1nc2ccc(I)cc2c(=O)[nH]1. The van der Waals surface area contributed by atoms with Crippen LogP contribution < -0.4 is 10.9 Å². The molecule has 0 saturated heterocycles. The van der Waals surface area contributed by atoms with Crippen LogP contribution in [0.15, 0.2) is 23.0 Å². The van der Waals surface area contributed by atoms with Crippen LogP contribution in [0, 0.1) is 3.57 Å². The van der Waals surface area contributed by atoms with Crippen molar-refractivity contribution < 1.29 is 9.53 Å². The second-order valence-electron chi connectivity index (χ2n) is 5.53. The Morgan fingerprint density at radius 2 is 2.14 bits per heavy atom. The van der Waals surface area contributed by atoms with Gasteiger partial charge in [0.1, 0.15) is 11.4 Å². The zero-order valence-corrected chi connectivity index (χ0v) is 14.1. The lowest BCUT2D eigenvalue weighted by Gasteiger charge is -2.19. The van der Waals surface area contributed by atoms with Crippen molar-refractivity contribution in [3.8, 4) is 0 Å². The van der Waals surface area contributed by atoms with Crippen molar-refractivity contribution >= 4 is 39.6 Å². The van der Waals surface area contributed by atoms with Gasteiger partial charge in [0, 0.05) is 3.57 Å². The number of carbonyl (C=O) groups excluding carboxylic acids is 1. The molecule has 7 heteroatoms. The summed E-state index contributed by atoms with van der Waals surface area (Å²) in [5, 5.41) is 3.09. The van der Waals surface area contributed by atoms with E-state index in [1.54, 1.807) is 32.9 Å². The van der Waals surface area contributed by atoms with Gasteiger partial charge in [-0.2, -0.15) is 0 Å². The molecule has 0 atom stereocenters. The van der Waals surface area contributed by atoms with Crippen LogP contribution in [0.1, 0.15) is 26.6 Å². The zero-order valence-electron chi connectivity index (χ0n) is 12.0. The Kier molecular flexibility index (Phi) is 4.50. The molecule has 0 radical (unpaired) electrons. The Balaban J connectivity index is 2.15. The summed E-state index contributed by atoms with van der Waals surface area (Å²) < 4.78 is 6.09. The van der Waals surface area contributed by atoms with E-state index in [9.17, 15) is 9.59 Å². The molecule has 0 aliphatic rings. The van der Waals surface area contributed by atoms with Crippen molar-refractivity contribution in [3.05, 3.63) is 37.9 Å². The molecule has 21 heavy (non-hydrogen) atoms. The van der Waals surface area contributed by atoms with Gasteiger partial charge in [-0.05, 0) is 61.6 Å². The molecule has 1 aromatic carbocycles. The van der Waals surface area contributed by atoms with Crippen LogP contribution in [0.25, 0.3) is 10.9 Å². The van der Waals surface area contributed by atoms with Crippen LogP contribution in [0.2, 0.25) is 0 Å². The molecule has 1 aromatic heterocycles. The highest BCUT2D eigenvalue weighted by Gasteiger charge is 2.16. The first-order valence-electron chi connectivity index (χ1n) is 6.40. The van der Waals surface area contributed by atoms with Gasteiger partial charge in [0.25, 0.3) is 5.56 Å². The molecule has 2 N–H and O–H groups in total. The largest absolute Gasteiger partial charge is 0.444 e. The predicted molar refractivity (Wildman–Crippen MR) is 88.2 cm³/mol. The molecule has 0 spiro atoms. The van der Waals surface area contributed by atoms with Crippen LogP contribution in [0.4, 0.5) is 4.79 Å². The third-order valence-corrected chi connectivity index (χ3v) is 3.19. The van der Waals surface area contributed by atoms with E-state index in [1.807, 2.05) is 6.07 Å². The molecule has 0 unspecified atom stereocenters. The fraction of sp³-hybridized carbons (Fsp3) is 0.357. The van der Waals surface area contributed by atoms with E-state index in [-0.39, 0.29) is 12.1 Å². The normalized spacial score (nSPS) is 11.4. The van der Waals surface area contributed by atoms with Crippen LogP contribution in [-0.2, 0) is 11.3 Å². The first-order chi connectivity index (χ1) is 9.74. The van der Waals surface area contributed by atoms with Crippen molar-refractivity contribution in [2.75, 3.05) is 0 Å². The molecule has 0 fully saturated rings. The number of rotatable bonds is 2. The van der Waals surface area contributed by atoms with Crippen LogP contribution in [0.5, 0.6) is 0 Å². The molecule has 0 bridgehead atoms. The van der Waals surface area contributed by atoms with Crippen molar-refractivity contribution in [1.29, 1.82) is 0 Å². The summed E-state index contributed by atoms with van der Waals surface area (Å²) >= 11 is 2.14. The van der Waals surface area contributed by atoms with Gasteiger partial charge >= 0.3 is 6.09 Å². The molecule has 0 saturated carbocycles. The average Bonchev–Trinajstić information content (AvgIpc) is 2.35. The number of hydrogen-bond donors (Lipinski definition) is 2. The Hall–Kier alpha value is -1.64. The highest BCUT2D eigenvalue weighted by molar-refractivity contribution is 14.1. The molecule has 1 amide bonds. The van der Waals surface area contributed by atoms with E-state index in [1.165, 1.54) is 0 Å². The topological polar surface area (TPSA) is 84.1 Å². The third-order valence-electron chi connectivity index (χ3n) is 2.52. The minimum atomic E-state index is -0.564. The average molecular weight is 401 g/mol. The van der Waals surface area contributed by atoms with Gasteiger partial charge in [0.15, 0.2) is 0 Å². The molecule has 0 aliphatic heterocycles. The molecular weight excluding hydrogens is 385 g/mol. The van der Waals surface area contributed by atoms with E-state index in [0.29, 0.717) is 16.7 Å². The van der Waals surface area contributed by atoms with E-state index < -0.39 is 11.7 Å². The molecule has 0 aliphatic carbocycles. The first-order valence-corrected chi connectivity index (χ1v) is 7.48. The predicted octanol–water partition coefficient (Wildman–Crippen LogP) is 2.55. The maximum absolute atomic E-state index is 12.0. The number of nitrogens with zero attached hydrogens (tertiary/aromatic N) is 1. The Bertz CT molecular complexity index is 734. The molecule has 2 aromatic rings. The van der Waals surface area contributed by atoms with Gasteiger partial charge in [0.05, 0.1) is 17.4 Å². The minimum absolute atomic E-state index is 0.103. The number of aromatic amines is 1. The summed E-state index contributed by atoms with van der Waals surface area (Å²) in [4.78, 5) is 30.5. The second-order valence-corrected chi connectivity index (χ2v) is 6.78. The number of carbonyl (C=O) groups is 1. The van der Waals surface area contributed by atoms with Gasteiger partial charge < -0.3 is 15.0 Å². The Labute approximate surface area is 135 Å². The summed E-state index contributed by atoms with van der Waals surface area (Å²) in [5.74, 6) is 0.388. The number of hydrogen-bond acceptors (Lipinski definition) is 4. The lowest BCUT2D eigenvalue weighted by atomic mass is 10.2. The van der Waals surface area contributed by atoms with E-state index in [0.717, 1.165) is 3.57 Å². The summed E-state index contributed by atoms with van der Waals surface area (Å²) in [7, 11) is 0. The Morgan fingerprint density at radius 3 is 2.81 bits per heavy atom. The standard InChI is InChI=1S/C14H16IN3O3/c1-14(2,3)21-13(20)16-7-11-17-10-5-4-8(15)6-9(10)12(19)18-11/h4-6H,7H2,1-3H3,(H,16,20)(H,17,18,19). The Morgan fingerprint density at radius 1 is 1.43 bits per heavy atom. The molecular formula is C14H16IN3O3. The van der Waals surface area contributed by atoms with Gasteiger partial charge in [-0.1, -0.05) is 0 Å². The number of amides is 1. The summed E-state index contributed by atoms with van der Waals surface area (Å²) in [5.41, 5.74) is -0.190. The lowest BCUT2D eigenvalue weighted by Crippen LogP contribution is -2.33. The number of H-pyrrole nitrogens is 1. The van der Waals surface area contributed by atoms with Crippen LogP contribution >= 0.6 is 22.6 Å². The molecule has 1 heterocycles. The third kappa shape index (κ3) is 4.42.